The summed E-state index contributed by atoms with van der Waals surface area (Å²) < 4.78 is 24.6. The standard InChI is InChI=1S/C15H20FN5O3S.2C2H6/c1-9(22)17-15-19-14(16)12(25-15)7-21-5-3-11(4-6-21)23-8-13-18-10(2)24-20-13;2*1-2/h11H,3-8H2,1-2H3,(H,17,19,22);2*1-2H3. The maximum atomic E-state index is 13.9. The van der Waals surface area contributed by atoms with Crippen molar-refractivity contribution in [2.45, 2.75) is 73.6 Å². The molecule has 164 valence electrons. The van der Waals surface area contributed by atoms with Gasteiger partial charge >= 0.3 is 0 Å². The minimum atomic E-state index is -0.514. The van der Waals surface area contributed by atoms with Crippen molar-refractivity contribution in [1.29, 1.82) is 0 Å². The lowest BCUT2D eigenvalue weighted by Gasteiger charge is -2.31. The van der Waals surface area contributed by atoms with Crippen molar-refractivity contribution in [3.63, 3.8) is 0 Å². The zero-order chi connectivity index (χ0) is 21.8. The number of hydrogen-bond acceptors (Lipinski definition) is 8. The summed E-state index contributed by atoms with van der Waals surface area (Å²) in [7, 11) is 0. The first-order valence-electron chi connectivity index (χ1n) is 10.1. The molecule has 3 rings (SSSR count). The molecule has 0 unspecified atom stereocenters. The first kappa shape index (κ1) is 25.1. The second-order valence-electron chi connectivity index (χ2n) is 5.93. The lowest BCUT2D eigenvalue weighted by molar-refractivity contribution is -0.114. The number of carbonyl (C=O) groups is 1. The minimum Gasteiger partial charge on any atom is -0.370 e. The Morgan fingerprint density at radius 2 is 1.93 bits per heavy atom. The number of likely N-dealkylation sites (tertiary alicyclic amines) is 1. The first-order chi connectivity index (χ1) is 14.0. The topological polar surface area (TPSA) is 93.4 Å². The zero-order valence-corrected chi connectivity index (χ0v) is 18.9. The first-order valence-corrected chi connectivity index (χ1v) is 10.9. The molecular formula is C19H32FN5O3S. The van der Waals surface area contributed by atoms with Crippen LogP contribution in [0.1, 0.15) is 64.1 Å². The van der Waals surface area contributed by atoms with E-state index in [-0.39, 0.29) is 12.0 Å². The molecule has 0 saturated carbocycles. The molecule has 1 N–H and O–H groups in total. The van der Waals surface area contributed by atoms with E-state index in [4.69, 9.17) is 9.26 Å². The van der Waals surface area contributed by atoms with Crippen LogP contribution < -0.4 is 5.32 Å². The summed E-state index contributed by atoms with van der Waals surface area (Å²) in [6.07, 6.45) is 1.85. The number of halogens is 1. The number of ether oxygens (including phenoxy) is 1. The van der Waals surface area contributed by atoms with E-state index in [9.17, 15) is 9.18 Å². The summed E-state index contributed by atoms with van der Waals surface area (Å²) in [5.74, 6) is 0.311. The number of anilines is 1. The third-order valence-electron chi connectivity index (χ3n) is 3.85. The molecule has 10 heteroatoms. The Morgan fingerprint density at radius 3 is 2.48 bits per heavy atom. The second-order valence-corrected chi connectivity index (χ2v) is 7.01. The molecule has 2 aromatic heterocycles. The smallest absolute Gasteiger partial charge is 0.230 e. The third kappa shape index (κ3) is 8.55. The molecule has 0 aliphatic carbocycles. The van der Waals surface area contributed by atoms with Gasteiger partial charge in [-0.2, -0.15) is 14.4 Å². The van der Waals surface area contributed by atoms with Crippen LogP contribution in [0.3, 0.4) is 0 Å². The highest BCUT2D eigenvalue weighted by Crippen LogP contribution is 2.25. The van der Waals surface area contributed by atoms with Crippen LogP contribution in [0.15, 0.2) is 4.52 Å². The summed E-state index contributed by atoms with van der Waals surface area (Å²) in [5, 5.41) is 6.62. The fourth-order valence-electron chi connectivity index (χ4n) is 2.66. The van der Waals surface area contributed by atoms with Gasteiger partial charge in [-0.05, 0) is 12.8 Å². The molecule has 1 aliphatic heterocycles. The van der Waals surface area contributed by atoms with E-state index in [0.717, 1.165) is 25.9 Å². The van der Waals surface area contributed by atoms with Crippen LogP contribution in [0.4, 0.5) is 9.52 Å². The fraction of sp³-hybridized carbons (Fsp3) is 0.684. The maximum absolute atomic E-state index is 13.9. The molecule has 0 bridgehead atoms. The van der Waals surface area contributed by atoms with E-state index in [1.807, 2.05) is 27.7 Å². The number of piperidine rings is 1. The van der Waals surface area contributed by atoms with Crippen molar-refractivity contribution >= 4 is 22.4 Å². The van der Waals surface area contributed by atoms with E-state index in [2.05, 4.69) is 25.3 Å². The predicted molar refractivity (Wildman–Crippen MR) is 111 cm³/mol. The van der Waals surface area contributed by atoms with Gasteiger partial charge in [-0.15, -0.1) is 0 Å². The van der Waals surface area contributed by atoms with Gasteiger partial charge in [-0.25, -0.2) is 0 Å². The van der Waals surface area contributed by atoms with Gasteiger partial charge < -0.3 is 14.6 Å². The molecule has 3 heterocycles. The molecule has 0 radical (unpaired) electrons. The number of carbonyl (C=O) groups excluding carboxylic acids is 1. The summed E-state index contributed by atoms with van der Waals surface area (Å²) in [6, 6.07) is 0. The molecule has 1 saturated heterocycles. The molecule has 1 aliphatic rings. The van der Waals surface area contributed by atoms with Gasteiger partial charge in [0, 0.05) is 33.5 Å². The number of nitrogens with zero attached hydrogens (tertiary/aromatic N) is 4. The summed E-state index contributed by atoms with van der Waals surface area (Å²) in [6.45, 7) is 13.6. The van der Waals surface area contributed by atoms with Crippen molar-refractivity contribution in [1.82, 2.24) is 20.0 Å². The Balaban J connectivity index is 0.000000989. The Morgan fingerprint density at radius 1 is 1.28 bits per heavy atom. The van der Waals surface area contributed by atoms with Crippen LogP contribution in [-0.4, -0.2) is 45.1 Å². The van der Waals surface area contributed by atoms with Crippen molar-refractivity contribution in [2.24, 2.45) is 0 Å². The van der Waals surface area contributed by atoms with Crippen LogP contribution in [-0.2, 0) is 22.7 Å². The van der Waals surface area contributed by atoms with Crippen molar-refractivity contribution < 1.29 is 18.4 Å². The highest BCUT2D eigenvalue weighted by Gasteiger charge is 2.22. The molecular weight excluding hydrogens is 397 g/mol. The zero-order valence-electron chi connectivity index (χ0n) is 18.1. The largest absolute Gasteiger partial charge is 0.370 e. The van der Waals surface area contributed by atoms with Crippen LogP contribution in [0.5, 0.6) is 0 Å². The second kappa shape index (κ2) is 13.3. The van der Waals surface area contributed by atoms with Gasteiger partial charge in [0.25, 0.3) is 0 Å². The molecule has 1 fully saturated rings. The number of hydrogen-bond donors (Lipinski definition) is 1. The van der Waals surface area contributed by atoms with Crippen molar-refractivity contribution in [3.05, 3.63) is 22.5 Å². The number of rotatable bonds is 6. The fourth-order valence-corrected chi connectivity index (χ4v) is 3.60. The molecule has 29 heavy (non-hydrogen) atoms. The molecule has 1 amide bonds. The van der Waals surface area contributed by atoms with Gasteiger partial charge in [0.15, 0.2) is 11.0 Å². The number of aromatic nitrogens is 3. The Kier molecular flexibility index (Phi) is 11.6. The molecule has 0 aromatic carbocycles. The van der Waals surface area contributed by atoms with E-state index >= 15 is 0 Å². The highest BCUT2D eigenvalue weighted by atomic mass is 32.1. The Bertz CT molecular complexity index is 729. The van der Waals surface area contributed by atoms with Crippen molar-refractivity contribution in [2.75, 3.05) is 18.4 Å². The summed E-state index contributed by atoms with van der Waals surface area (Å²) in [4.78, 5) is 21.6. The number of nitrogens with one attached hydrogen (secondary N) is 1. The van der Waals surface area contributed by atoms with Gasteiger partial charge in [-0.3, -0.25) is 9.69 Å². The number of thiazole rings is 1. The quantitative estimate of drug-likeness (QED) is 0.737. The van der Waals surface area contributed by atoms with Gasteiger partial charge in [0.2, 0.25) is 17.7 Å². The Hall–Kier alpha value is -1.91. The number of amides is 1. The maximum Gasteiger partial charge on any atom is 0.230 e. The molecule has 8 nitrogen and oxygen atoms in total. The van der Waals surface area contributed by atoms with Gasteiger partial charge in [0.1, 0.15) is 6.61 Å². The van der Waals surface area contributed by atoms with Crippen molar-refractivity contribution in [3.8, 4) is 0 Å². The number of aryl methyl sites for hydroxylation is 1. The van der Waals surface area contributed by atoms with E-state index in [1.165, 1.54) is 18.3 Å². The molecule has 0 spiro atoms. The average molecular weight is 430 g/mol. The lowest BCUT2D eigenvalue weighted by Crippen LogP contribution is -2.36. The minimum absolute atomic E-state index is 0.135. The van der Waals surface area contributed by atoms with Crippen LogP contribution in [0, 0.1) is 12.9 Å². The van der Waals surface area contributed by atoms with E-state index in [1.54, 1.807) is 6.92 Å². The van der Waals surface area contributed by atoms with Gasteiger partial charge in [0.05, 0.1) is 11.0 Å². The average Bonchev–Trinajstić information content (AvgIpc) is 3.29. The SMILES string of the molecule is CC.CC.CC(=O)Nc1nc(F)c(CN2CCC(OCc3noc(C)n3)CC2)s1. The van der Waals surface area contributed by atoms with Crippen LogP contribution in [0.2, 0.25) is 0 Å². The molecule has 2 aromatic rings. The molecule has 0 atom stereocenters. The Labute approximate surface area is 175 Å². The normalized spacial score (nSPS) is 14.4. The third-order valence-corrected chi connectivity index (χ3v) is 4.78. The summed E-state index contributed by atoms with van der Waals surface area (Å²) >= 11 is 1.17. The summed E-state index contributed by atoms with van der Waals surface area (Å²) in [5.41, 5.74) is 0. The van der Waals surface area contributed by atoms with Crippen LogP contribution in [0.25, 0.3) is 0 Å². The lowest BCUT2D eigenvalue weighted by atomic mass is 10.1. The van der Waals surface area contributed by atoms with Crippen LogP contribution >= 0.6 is 11.3 Å². The predicted octanol–water partition coefficient (Wildman–Crippen LogP) is 4.17. The monoisotopic (exact) mass is 429 g/mol. The van der Waals surface area contributed by atoms with Gasteiger partial charge in [-0.1, -0.05) is 44.2 Å². The van der Waals surface area contributed by atoms with E-state index < -0.39 is 5.95 Å². The highest BCUT2D eigenvalue weighted by molar-refractivity contribution is 7.15. The van der Waals surface area contributed by atoms with E-state index in [0.29, 0.717) is 34.9 Å².